The number of terminal acetylenes is 1. The van der Waals surface area contributed by atoms with Gasteiger partial charge < -0.3 is 10.2 Å². The molecule has 0 amide bonds. The summed E-state index contributed by atoms with van der Waals surface area (Å²) in [7, 11) is 0. The van der Waals surface area contributed by atoms with Gasteiger partial charge in [-0.25, -0.2) is 0 Å². The van der Waals surface area contributed by atoms with Crippen LogP contribution in [-0.4, -0.2) is 37.1 Å². The Kier molecular flexibility index (Phi) is 5.66. The molecule has 0 aromatic heterocycles. The Morgan fingerprint density at radius 2 is 2.43 bits per heavy atom. The maximum absolute atomic E-state index is 5.25. The lowest BCUT2D eigenvalue weighted by Crippen LogP contribution is -2.37. The summed E-state index contributed by atoms with van der Waals surface area (Å²) in [6.07, 6.45) is 9.81. The van der Waals surface area contributed by atoms with Crippen molar-refractivity contribution < 1.29 is 0 Å². The van der Waals surface area contributed by atoms with Gasteiger partial charge in [0.25, 0.3) is 0 Å². The predicted octanol–water partition coefficient (Wildman–Crippen LogP) is 1.47. The van der Waals surface area contributed by atoms with Gasteiger partial charge in [-0.3, -0.25) is 0 Å². The van der Waals surface area contributed by atoms with Crippen LogP contribution < -0.4 is 5.32 Å². The van der Waals surface area contributed by atoms with Crippen molar-refractivity contribution >= 4 is 0 Å². The summed E-state index contributed by atoms with van der Waals surface area (Å²) in [5, 5.41) is 3.57. The van der Waals surface area contributed by atoms with Crippen molar-refractivity contribution in [2.75, 3.05) is 26.2 Å². The zero-order chi connectivity index (χ0) is 10.2. The van der Waals surface area contributed by atoms with Gasteiger partial charge in [-0.2, -0.15) is 0 Å². The van der Waals surface area contributed by atoms with E-state index < -0.39 is 0 Å². The first-order valence-corrected chi connectivity index (χ1v) is 5.76. The molecule has 80 valence electrons. The largest absolute Gasteiger partial charge is 0.313 e. The Morgan fingerprint density at radius 1 is 1.57 bits per heavy atom. The van der Waals surface area contributed by atoms with E-state index in [1.807, 2.05) is 0 Å². The third-order valence-corrected chi connectivity index (χ3v) is 2.85. The van der Waals surface area contributed by atoms with Crippen molar-refractivity contribution in [3.8, 4) is 12.3 Å². The fourth-order valence-corrected chi connectivity index (χ4v) is 1.96. The Bertz CT molecular complexity index is 183. The van der Waals surface area contributed by atoms with Crippen LogP contribution in [0.5, 0.6) is 0 Å². The highest BCUT2D eigenvalue weighted by atomic mass is 15.2. The maximum Gasteiger partial charge on any atom is 0.0192 e. The minimum absolute atomic E-state index is 0.684. The highest BCUT2D eigenvalue weighted by Gasteiger charge is 2.14. The summed E-state index contributed by atoms with van der Waals surface area (Å²) in [5.41, 5.74) is 0. The van der Waals surface area contributed by atoms with Gasteiger partial charge in [0.05, 0.1) is 0 Å². The lowest BCUT2D eigenvalue weighted by molar-refractivity contribution is 0.263. The van der Waals surface area contributed by atoms with Crippen LogP contribution in [-0.2, 0) is 0 Å². The maximum atomic E-state index is 5.25. The lowest BCUT2D eigenvalue weighted by Gasteiger charge is -2.23. The average Bonchev–Trinajstić information content (AvgIpc) is 2.43. The molecule has 2 nitrogen and oxygen atoms in total. The standard InChI is InChI=1S/C12H22N2/c1-3-5-6-9-14-10-7-8-13-12(4-2)11-14/h1,12-13H,4-11H2,2H3. The molecular formula is C12H22N2. The van der Waals surface area contributed by atoms with Gasteiger partial charge in [-0.1, -0.05) is 6.92 Å². The number of unbranched alkanes of at least 4 members (excludes halogenated alkanes) is 1. The van der Waals surface area contributed by atoms with E-state index in [0.717, 1.165) is 12.8 Å². The van der Waals surface area contributed by atoms with Gasteiger partial charge in [0.1, 0.15) is 0 Å². The molecule has 1 atom stereocenters. The van der Waals surface area contributed by atoms with Crippen LogP contribution in [0.1, 0.15) is 32.6 Å². The molecule has 1 heterocycles. The highest BCUT2D eigenvalue weighted by molar-refractivity contribution is 4.84. The first-order chi connectivity index (χ1) is 6.86. The SMILES string of the molecule is C#CCCCN1CCCNC(CC)C1. The first-order valence-electron chi connectivity index (χ1n) is 5.76. The number of hydrogen-bond donors (Lipinski definition) is 1. The summed E-state index contributed by atoms with van der Waals surface area (Å²) in [6.45, 7) is 7.02. The predicted molar refractivity (Wildman–Crippen MR) is 61.2 cm³/mol. The van der Waals surface area contributed by atoms with E-state index in [4.69, 9.17) is 6.42 Å². The van der Waals surface area contributed by atoms with Crippen LogP contribution in [0.4, 0.5) is 0 Å². The van der Waals surface area contributed by atoms with Gasteiger partial charge in [-0.05, 0) is 38.9 Å². The normalized spacial score (nSPS) is 24.1. The molecule has 0 spiro atoms. The minimum Gasteiger partial charge on any atom is -0.313 e. The van der Waals surface area contributed by atoms with Gasteiger partial charge >= 0.3 is 0 Å². The first kappa shape index (κ1) is 11.6. The summed E-state index contributed by atoms with van der Waals surface area (Å²) < 4.78 is 0. The van der Waals surface area contributed by atoms with Crippen molar-refractivity contribution in [2.24, 2.45) is 0 Å². The second kappa shape index (κ2) is 6.86. The molecule has 0 aliphatic carbocycles. The van der Waals surface area contributed by atoms with E-state index in [1.54, 1.807) is 0 Å². The Morgan fingerprint density at radius 3 is 3.14 bits per heavy atom. The van der Waals surface area contributed by atoms with Crippen LogP contribution >= 0.6 is 0 Å². The molecule has 0 saturated carbocycles. The molecule has 1 unspecified atom stereocenters. The summed E-state index contributed by atoms with van der Waals surface area (Å²) in [6, 6.07) is 0.684. The van der Waals surface area contributed by atoms with E-state index >= 15 is 0 Å². The molecule has 0 aromatic carbocycles. The van der Waals surface area contributed by atoms with Crippen LogP contribution in [0.25, 0.3) is 0 Å². The van der Waals surface area contributed by atoms with E-state index in [0.29, 0.717) is 6.04 Å². The van der Waals surface area contributed by atoms with E-state index in [-0.39, 0.29) is 0 Å². The third-order valence-electron chi connectivity index (χ3n) is 2.85. The molecule has 14 heavy (non-hydrogen) atoms. The van der Waals surface area contributed by atoms with Crippen molar-refractivity contribution in [1.29, 1.82) is 0 Å². The van der Waals surface area contributed by atoms with Gasteiger partial charge in [0.15, 0.2) is 0 Å². The van der Waals surface area contributed by atoms with Crippen molar-refractivity contribution in [1.82, 2.24) is 10.2 Å². The molecule has 1 aliphatic rings. The molecule has 1 aliphatic heterocycles. The van der Waals surface area contributed by atoms with Crippen molar-refractivity contribution in [3.63, 3.8) is 0 Å². The number of hydrogen-bond acceptors (Lipinski definition) is 2. The van der Waals surface area contributed by atoms with E-state index in [9.17, 15) is 0 Å². The van der Waals surface area contributed by atoms with Gasteiger partial charge in [0.2, 0.25) is 0 Å². The molecule has 1 N–H and O–H groups in total. The van der Waals surface area contributed by atoms with Gasteiger partial charge in [0, 0.05) is 19.0 Å². The Balaban J connectivity index is 2.24. The smallest absolute Gasteiger partial charge is 0.0192 e. The van der Waals surface area contributed by atoms with Crippen LogP contribution in [0.15, 0.2) is 0 Å². The third kappa shape index (κ3) is 4.13. The van der Waals surface area contributed by atoms with Gasteiger partial charge in [-0.15, -0.1) is 12.3 Å². The molecule has 2 heteroatoms. The zero-order valence-electron chi connectivity index (χ0n) is 9.26. The molecule has 1 saturated heterocycles. The number of nitrogens with one attached hydrogen (secondary N) is 1. The fraction of sp³-hybridized carbons (Fsp3) is 0.833. The average molecular weight is 194 g/mol. The van der Waals surface area contributed by atoms with Crippen molar-refractivity contribution in [3.05, 3.63) is 0 Å². The summed E-state index contributed by atoms with van der Waals surface area (Å²) in [5.74, 6) is 2.71. The zero-order valence-corrected chi connectivity index (χ0v) is 9.26. The van der Waals surface area contributed by atoms with E-state index in [1.165, 1.54) is 39.0 Å². The van der Waals surface area contributed by atoms with Crippen molar-refractivity contribution in [2.45, 2.75) is 38.6 Å². The molecule has 1 fully saturated rings. The molecule has 0 aromatic rings. The molecule has 1 rings (SSSR count). The lowest BCUT2D eigenvalue weighted by atomic mass is 10.2. The summed E-state index contributed by atoms with van der Waals surface area (Å²) in [4.78, 5) is 2.55. The van der Waals surface area contributed by atoms with Crippen LogP contribution in [0.3, 0.4) is 0 Å². The Hall–Kier alpha value is -0.520. The number of rotatable bonds is 4. The van der Waals surface area contributed by atoms with E-state index in [2.05, 4.69) is 23.1 Å². The summed E-state index contributed by atoms with van der Waals surface area (Å²) >= 11 is 0. The quantitative estimate of drug-likeness (QED) is 0.538. The highest BCUT2D eigenvalue weighted by Crippen LogP contribution is 2.04. The topological polar surface area (TPSA) is 15.3 Å². The minimum atomic E-state index is 0.684. The number of nitrogens with zero attached hydrogens (tertiary/aromatic N) is 1. The molecular weight excluding hydrogens is 172 g/mol. The molecule has 0 radical (unpaired) electrons. The molecule has 0 bridgehead atoms. The fourth-order valence-electron chi connectivity index (χ4n) is 1.96. The van der Waals surface area contributed by atoms with Crippen LogP contribution in [0, 0.1) is 12.3 Å². The monoisotopic (exact) mass is 194 g/mol. The Labute approximate surface area is 88.1 Å². The second-order valence-corrected chi connectivity index (χ2v) is 4.02. The van der Waals surface area contributed by atoms with Crippen LogP contribution in [0.2, 0.25) is 0 Å². The second-order valence-electron chi connectivity index (χ2n) is 4.02.